The van der Waals surface area contributed by atoms with Gasteiger partial charge in [-0.25, -0.2) is 0 Å². The molecule has 1 saturated carbocycles. The summed E-state index contributed by atoms with van der Waals surface area (Å²) in [5.74, 6) is 0.992. The zero-order chi connectivity index (χ0) is 12.1. The number of hydrogen-bond acceptors (Lipinski definition) is 3. The molecule has 2 N–H and O–H groups in total. The fraction of sp³-hybridized carbons (Fsp3) is 0.643. The Labute approximate surface area is 103 Å². The van der Waals surface area contributed by atoms with Gasteiger partial charge in [0.2, 0.25) is 0 Å². The maximum atomic E-state index is 9.17. The molecule has 0 amide bonds. The van der Waals surface area contributed by atoms with E-state index < -0.39 is 0 Å². The molecular formula is C14H22N2O. The minimum atomic E-state index is 0.233. The quantitative estimate of drug-likeness (QED) is 0.790. The van der Waals surface area contributed by atoms with Crippen molar-refractivity contribution < 1.29 is 5.11 Å². The van der Waals surface area contributed by atoms with Gasteiger partial charge in [0.05, 0.1) is 11.9 Å². The van der Waals surface area contributed by atoms with Crippen molar-refractivity contribution in [1.82, 2.24) is 10.3 Å². The molecule has 1 heterocycles. The summed E-state index contributed by atoms with van der Waals surface area (Å²) in [5.41, 5.74) is 0.999. The second kappa shape index (κ2) is 6.01. The van der Waals surface area contributed by atoms with Gasteiger partial charge in [-0.15, -0.1) is 0 Å². The van der Waals surface area contributed by atoms with Gasteiger partial charge in [0, 0.05) is 12.6 Å². The SMILES string of the molecule is CC1CCCCCC1NCc1ccc(O)cn1. The van der Waals surface area contributed by atoms with Crippen molar-refractivity contribution in [3.05, 3.63) is 24.0 Å². The second-order valence-corrected chi connectivity index (χ2v) is 5.11. The van der Waals surface area contributed by atoms with Gasteiger partial charge in [0.1, 0.15) is 5.75 Å². The summed E-state index contributed by atoms with van der Waals surface area (Å²) in [5, 5.41) is 12.8. The lowest BCUT2D eigenvalue weighted by Crippen LogP contribution is -2.33. The minimum Gasteiger partial charge on any atom is -0.506 e. The molecule has 0 bridgehead atoms. The first-order valence-electron chi connectivity index (χ1n) is 6.63. The average molecular weight is 234 g/mol. The first-order chi connectivity index (χ1) is 8.25. The summed E-state index contributed by atoms with van der Waals surface area (Å²) >= 11 is 0. The highest BCUT2D eigenvalue weighted by atomic mass is 16.3. The Morgan fingerprint density at radius 2 is 2.12 bits per heavy atom. The van der Waals surface area contributed by atoms with E-state index in [0.29, 0.717) is 6.04 Å². The molecule has 0 aromatic carbocycles. The summed E-state index contributed by atoms with van der Waals surface area (Å²) in [6.07, 6.45) is 8.20. The van der Waals surface area contributed by atoms with E-state index in [0.717, 1.165) is 18.2 Å². The summed E-state index contributed by atoms with van der Waals surface area (Å²) < 4.78 is 0. The van der Waals surface area contributed by atoms with Gasteiger partial charge < -0.3 is 10.4 Å². The van der Waals surface area contributed by atoms with E-state index in [1.807, 2.05) is 6.07 Å². The largest absolute Gasteiger partial charge is 0.506 e. The van der Waals surface area contributed by atoms with E-state index in [2.05, 4.69) is 17.2 Å². The fourth-order valence-corrected chi connectivity index (χ4v) is 2.55. The van der Waals surface area contributed by atoms with Crippen molar-refractivity contribution >= 4 is 0 Å². The Morgan fingerprint density at radius 3 is 2.88 bits per heavy atom. The van der Waals surface area contributed by atoms with E-state index in [4.69, 9.17) is 5.11 Å². The van der Waals surface area contributed by atoms with Crippen molar-refractivity contribution in [2.75, 3.05) is 0 Å². The van der Waals surface area contributed by atoms with Crippen LogP contribution >= 0.6 is 0 Å². The minimum absolute atomic E-state index is 0.233. The molecule has 0 spiro atoms. The van der Waals surface area contributed by atoms with Crippen LogP contribution in [-0.2, 0) is 6.54 Å². The molecule has 1 aliphatic rings. The molecular weight excluding hydrogens is 212 g/mol. The van der Waals surface area contributed by atoms with Gasteiger partial charge in [0.25, 0.3) is 0 Å². The van der Waals surface area contributed by atoms with Gasteiger partial charge in [-0.05, 0) is 30.9 Å². The lowest BCUT2D eigenvalue weighted by atomic mass is 9.97. The third-order valence-electron chi connectivity index (χ3n) is 3.72. The highest BCUT2D eigenvalue weighted by Gasteiger charge is 2.19. The molecule has 2 atom stereocenters. The Bertz CT molecular complexity index is 337. The van der Waals surface area contributed by atoms with Crippen LogP contribution < -0.4 is 5.32 Å². The molecule has 1 aromatic heterocycles. The van der Waals surface area contributed by atoms with E-state index in [1.165, 1.54) is 38.3 Å². The number of nitrogens with zero attached hydrogens (tertiary/aromatic N) is 1. The number of nitrogens with one attached hydrogen (secondary N) is 1. The Hall–Kier alpha value is -1.09. The predicted molar refractivity (Wildman–Crippen MR) is 68.8 cm³/mol. The molecule has 2 rings (SSSR count). The number of hydrogen-bond donors (Lipinski definition) is 2. The number of pyridine rings is 1. The van der Waals surface area contributed by atoms with Crippen molar-refractivity contribution in [2.24, 2.45) is 5.92 Å². The molecule has 0 radical (unpaired) electrons. The van der Waals surface area contributed by atoms with E-state index in [9.17, 15) is 0 Å². The molecule has 0 aliphatic heterocycles. The molecule has 94 valence electrons. The summed E-state index contributed by atoms with van der Waals surface area (Å²) in [7, 11) is 0. The maximum Gasteiger partial charge on any atom is 0.133 e. The molecule has 1 aromatic rings. The number of aromatic nitrogens is 1. The van der Waals surface area contributed by atoms with Crippen LogP contribution in [0, 0.1) is 5.92 Å². The summed E-state index contributed by atoms with van der Waals surface area (Å²) in [6.45, 7) is 3.14. The van der Waals surface area contributed by atoms with Gasteiger partial charge in [0.15, 0.2) is 0 Å². The van der Waals surface area contributed by atoms with Crippen LogP contribution in [0.3, 0.4) is 0 Å². The van der Waals surface area contributed by atoms with Crippen LogP contribution in [-0.4, -0.2) is 16.1 Å². The van der Waals surface area contributed by atoms with Crippen molar-refractivity contribution in [1.29, 1.82) is 0 Å². The number of aromatic hydroxyl groups is 1. The second-order valence-electron chi connectivity index (χ2n) is 5.11. The van der Waals surface area contributed by atoms with Gasteiger partial charge >= 0.3 is 0 Å². The van der Waals surface area contributed by atoms with Gasteiger partial charge in [-0.2, -0.15) is 0 Å². The summed E-state index contributed by atoms with van der Waals surface area (Å²) in [6, 6.07) is 4.19. The van der Waals surface area contributed by atoms with Crippen LogP contribution in [0.15, 0.2) is 18.3 Å². The normalized spacial score (nSPS) is 25.5. The smallest absolute Gasteiger partial charge is 0.133 e. The van der Waals surface area contributed by atoms with Crippen LogP contribution in [0.2, 0.25) is 0 Å². The topological polar surface area (TPSA) is 45.1 Å². The van der Waals surface area contributed by atoms with Crippen LogP contribution in [0.5, 0.6) is 5.75 Å². The van der Waals surface area contributed by atoms with E-state index in [1.54, 1.807) is 6.07 Å². The van der Waals surface area contributed by atoms with E-state index in [-0.39, 0.29) is 5.75 Å². The zero-order valence-corrected chi connectivity index (χ0v) is 10.5. The monoisotopic (exact) mass is 234 g/mol. The lowest BCUT2D eigenvalue weighted by Gasteiger charge is -2.22. The molecule has 2 unspecified atom stereocenters. The van der Waals surface area contributed by atoms with Crippen molar-refractivity contribution in [3.63, 3.8) is 0 Å². The van der Waals surface area contributed by atoms with Crippen LogP contribution in [0.4, 0.5) is 0 Å². The highest BCUT2D eigenvalue weighted by molar-refractivity contribution is 5.17. The molecule has 3 nitrogen and oxygen atoms in total. The first-order valence-corrected chi connectivity index (χ1v) is 6.63. The van der Waals surface area contributed by atoms with E-state index >= 15 is 0 Å². The molecule has 17 heavy (non-hydrogen) atoms. The standard InChI is InChI=1S/C14H22N2O/c1-11-5-3-2-4-6-14(11)16-9-12-7-8-13(17)10-15-12/h7-8,10-11,14,16-17H,2-6,9H2,1H3. The molecule has 1 fully saturated rings. The third-order valence-corrected chi connectivity index (χ3v) is 3.72. The Morgan fingerprint density at radius 1 is 1.29 bits per heavy atom. The average Bonchev–Trinajstić information content (AvgIpc) is 2.54. The van der Waals surface area contributed by atoms with Crippen LogP contribution in [0.1, 0.15) is 44.7 Å². The van der Waals surface area contributed by atoms with Crippen molar-refractivity contribution in [3.8, 4) is 5.75 Å². The third kappa shape index (κ3) is 3.70. The number of rotatable bonds is 3. The summed E-state index contributed by atoms with van der Waals surface area (Å²) in [4.78, 5) is 4.20. The highest BCUT2D eigenvalue weighted by Crippen LogP contribution is 2.23. The molecule has 3 heteroatoms. The zero-order valence-electron chi connectivity index (χ0n) is 10.5. The molecule has 0 saturated heterocycles. The van der Waals surface area contributed by atoms with Crippen LogP contribution in [0.25, 0.3) is 0 Å². The Kier molecular flexibility index (Phi) is 4.37. The fourth-order valence-electron chi connectivity index (χ4n) is 2.55. The van der Waals surface area contributed by atoms with Gasteiger partial charge in [-0.1, -0.05) is 26.2 Å². The lowest BCUT2D eigenvalue weighted by molar-refractivity contribution is 0.354. The van der Waals surface area contributed by atoms with Gasteiger partial charge in [-0.3, -0.25) is 4.98 Å². The van der Waals surface area contributed by atoms with Crippen molar-refractivity contribution in [2.45, 2.75) is 51.6 Å². The first kappa shape index (κ1) is 12.4. The predicted octanol–water partition coefficient (Wildman–Crippen LogP) is 2.85. The molecule has 1 aliphatic carbocycles. The Balaban J connectivity index is 1.85. The maximum absolute atomic E-state index is 9.17.